The van der Waals surface area contributed by atoms with E-state index in [1.165, 1.54) is 49.1 Å². The second-order valence-electron chi connectivity index (χ2n) is 5.45. The molecule has 1 fully saturated rings. The lowest BCUT2D eigenvalue weighted by Gasteiger charge is -2.27. The zero-order chi connectivity index (χ0) is 12.1. The van der Waals surface area contributed by atoms with Gasteiger partial charge in [0, 0.05) is 11.4 Å². The number of hydrogen-bond donors (Lipinski definition) is 1. The van der Waals surface area contributed by atoms with Crippen molar-refractivity contribution in [1.29, 1.82) is 0 Å². The molecule has 0 bridgehead atoms. The summed E-state index contributed by atoms with van der Waals surface area (Å²) in [6, 6.07) is 2.22. The van der Waals surface area contributed by atoms with Crippen molar-refractivity contribution < 1.29 is 0 Å². The van der Waals surface area contributed by atoms with E-state index in [1.807, 2.05) is 11.3 Å². The Labute approximate surface area is 110 Å². The van der Waals surface area contributed by atoms with Crippen molar-refractivity contribution in [2.75, 3.05) is 6.54 Å². The Morgan fingerprint density at radius 3 is 2.53 bits per heavy atom. The summed E-state index contributed by atoms with van der Waals surface area (Å²) < 4.78 is 0. The molecule has 1 aliphatic rings. The maximum absolute atomic E-state index is 3.64. The highest BCUT2D eigenvalue weighted by atomic mass is 32.1. The lowest BCUT2D eigenvalue weighted by molar-refractivity contribution is 0.262. The van der Waals surface area contributed by atoms with E-state index in [0.717, 1.165) is 18.4 Å². The van der Waals surface area contributed by atoms with Gasteiger partial charge in [0.15, 0.2) is 0 Å². The van der Waals surface area contributed by atoms with Crippen LogP contribution in [0.3, 0.4) is 0 Å². The lowest BCUT2D eigenvalue weighted by Crippen LogP contribution is -2.26. The molecule has 17 heavy (non-hydrogen) atoms. The molecule has 1 saturated carbocycles. The Kier molecular flexibility index (Phi) is 5.05. The van der Waals surface area contributed by atoms with Crippen molar-refractivity contribution in [2.24, 2.45) is 11.8 Å². The summed E-state index contributed by atoms with van der Waals surface area (Å²) in [5, 5.41) is 5.83. The maximum atomic E-state index is 3.64. The van der Waals surface area contributed by atoms with Crippen LogP contribution in [0.15, 0.2) is 11.4 Å². The highest BCUT2D eigenvalue weighted by molar-refractivity contribution is 7.10. The van der Waals surface area contributed by atoms with Gasteiger partial charge in [-0.3, -0.25) is 0 Å². The van der Waals surface area contributed by atoms with Gasteiger partial charge in [0.25, 0.3) is 0 Å². The summed E-state index contributed by atoms with van der Waals surface area (Å²) >= 11 is 1.88. The number of thiophene rings is 1. The molecule has 1 heterocycles. The standard InChI is InChI=1S/C15H25NS/c1-3-13-4-6-14(7-5-13)10-16-11-15-12(2)8-9-17-15/h8-9,13-14,16H,3-7,10-11H2,1-2H3. The van der Waals surface area contributed by atoms with Crippen molar-refractivity contribution in [3.8, 4) is 0 Å². The molecular formula is C15H25NS. The number of rotatable bonds is 5. The molecule has 0 spiro atoms. The predicted molar refractivity (Wildman–Crippen MR) is 76.5 cm³/mol. The van der Waals surface area contributed by atoms with Gasteiger partial charge in [-0.15, -0.1) is 11.3 Å². The largest absolute Gasteiger partial charge is 0.312 e. The SMILES string of the molecule is CCC1CCC(CNCc2sccc2C)CC1. The van der Waals surface area contributed by atoms with Crippen LogP contribution >= 0.6 is 11.3 Å². The first-order valence-electron chi connectivity index (χ1n) is 7.03. The zero-order valence-corrected chi connectivity index (χ0v) is 12.0. The molecule has 0 amide bonds. The molecule has 0 aromatic carbocycles. The number of hydrogen-bond acceptors (Lipinski definition) is 2. The average molecular weight is 251 g/mol. The van der Waals surface area contributed by atoms with Gasteiger partial charge in [-0.05, 0) is 55.2 Å². The van der Waals surface area contributed by atoms with Crippen LogP contribution in [-0.4, -0.2) is 6.54 Å². The van der Waals surface area contributed by atoms with Crippen molar-refractivity contribution >= 4 is 11.3 Å². The zero-order valence-electron chi connectivity index (χ0n) is 11.2. The minimum atomic E-state index is 0.929. The second kappa shape index (κ2) is 6.55. The summed E-state index contributed by atoms with van der Waals surface area (Å²) in [5.74, 6) is 1.95. The Balaban J connectivity index is 1.65. The normalized spacial score (nSPS) is 25.1. The van der Waals surface area contributed by atoms with E-state index in [0.29, 0.717) is 0 Å². The Hall–Kier alpha value is -0.340. The molecule has 0 saturated heterocycles. The third-order valence-electron chi connectivity index (χ3n) is 4.23. The molecule has 0 aliphatic heterocycles. The minimum absolute atomic E-state index is 0.929. The summed E-state index contributed by atoms with van der Waals surface area (Å²) in [6.45, 7) is 6.83. The monoisotopic (exact) mass is 251 g/mol. The first-order valence-corrected chi connectivity index (χ1v) is 7.91. The van der Waals surface area contributed by atoms with Crippen molar-refractivity contribution in [2.45, 2.75) is 52.5 Å². The van der Waals surface area contributed by atoms with E-state index in [-0.39, 0.29) is 0 Å². The summed E-state index contributed by atoms with van der Waals surface area (Å²) in [5.41, 5.74) is 1.44. The Bertz CT molecular complexity index is 323. The molecule has 1 nitrogen and oxygen atoms in total. The van der Waals surface area contributed by atoms with Gasteiger partial charge >= 0.3 is 0 Å². The van der Waals surface area contributed by atoms with Crippen LogP contribution in [0.5, 0.6) is 0 Å². The van der Waals surface area contributed by atoms with Crippen molar-refractivity contribution in [3.05, 3.63) is 21.9 Å². The van der Waals surface area contributed by atoms with Gasteiger partial charge in [-0.2, -0.15) is 0 Å². The smallest absolute Gasteiger partial charge is 0.0302 e. The van der Waals surface area contributed by atoms with E-state index in [2.05, 4.69) is 30.6 Å². The van der Waals surface area contributed by atoms with Crippen LogP contribution < -0.4 is 5.32 Å². The van der Waals surface area contributed by atoms with Crippen LogP contribution in [0.2, 0.25) is 0 Å². The Morgan fingerprint density at radius 1 is 1.24 bits per heavy atom. The minimum Gasteiger partial charge on any atom is -0.312 e. The van der Waals surface area contributed by atoms with E-state index in [1.54, 1.807) is 0 Å². The summed E-state index contributed by atoms with van der Waals surface area (Å²) in [7, 11) is 0. The first kappa shape index (κ1) is 13.1. The van der Waals surface area contributed by atoms with E-state index < -0.39 is 0 Å². The van der Waals surface area contributed by atoms with Gasteiger partial charge in [0.2, 0.25) is 0 Å². The van der Waals surface area contributed by atoms with Crippen LogP contribution in [0.25, 0.3) is 0 Å². The highest BCUT2D eigenvalue weighted by Gasteiger charge is 2.19. The van der Waals surface area contributed by atoms with Crippen LogP contribution in [0, 0.1) is 18.8 Å². The van der Waals surface area contributed by atoms with Crippen molar-refractivity contribution in [3.63, 3.8) is 0 Å². The fourth-order valence-corrected chi connectivity index (χ4v) is 3.69. The predicted octanol–water partition coefficient (Wildman–Crippen LogP) is 4.36. The molecule has 1 aromatic rings. The summed E-state index contributed by atoms with van der Waals surface area (Å²) in [4.78, 5) is 1.51. The fourth-order valence-electron chi connectivity index (χ4n) is 2.82. The van der Waals surface area contributed by atoms with E-state index in [4.69, 9.17) is 0 Å². The fraction of sp³-hybridized carbons (Fsp3) is 0.733. The molecule has 0 atom stereocenters. The van der Waals surface area contributed by atoms with Gasteiger partial charge in [0.1, 0.15) is 0 Å². The quantitative estimate of drug-likeness (QED) is 0.819. The number of nitrogens with one attached hydrogen (secondary N) is 1. The van der Waals surface area contributed by atoms with Crippen molar-refractivity contribution in [1.82, 2.24) is 5.32 Å². The third-order valence-corrected chi connectivity index (χ3v) is 5.25. The van der Waals surface area contributed by atoms with Crippen LogP contribution in [0.4, 0.5) is 0 Å². The molecule has 1 aliphatic carbocycles. The molecule has 0 radical (unpaired) electrons. The molecular weight excluding hydrogens is 226 g/mol. The Morgan fingerprint density at radius 2 is 1.94 bits per heavy atom. The van der Waals surface area contributed by atoms with Crippen LogP contribution in [0.1, 0.15) is 49.5 Å². The van der Waals surface area contributed by atoms with Gasteiger partial charge in [-0.25, -0.2) is 0 Å². The highest BCUT2D eigenvalue weighted by Crippen LogP contribution is 2.30. The van der Waals surface area contributed by atoms with E-state index >= 15 is 0 Å². The first-order chi connectivity index (χ1) is 8.29. The lowest BCUT2D eigenvalue weighted by atomic mass is 9.81. The van der Waals surface area contributed by atoms with Gasteiger partial charge in [0.05, 0.1) is 0 Å². The third kappa shape index (κ3) is 3.82. The molecule has 1 N–H and O–H groups in total. The molecule has 96 valence electrons. The van der Waals surface area contributed by atoms with Gasteiger partial charge < -0.3 is 5.32 Å². The average Bonchev–Trinajstić information content (AvgIpc) is 2.76. The maximum Gasteiger partial charge on any atom is 0.0302 e. The number of aryl methyl sites for hydroxylation is 1. The molecule has 1 aromatic heterocycles. The van der Waals surface area contributed by atoms with E-state index in [9.17, 15) is 0 Å². The van der Waals surface area contributed by atoms with Gasteiger partial charge in [-0.1, -0.05) is 26.2 Å². The van der Waals surface area contributed by atoms with Crippen LogP contribution in [-0.2, 0) is 6.54 Å². The molecule has 2 heteroatoms. The topological polar surface area (TPSA) is 12.0 Å². The summed E-state index contributed by atoms with van der Waals surface area (Å²) in [6.07, 6.45) is 7.18. The second-order valence-corrected chi connectivity index (χ2v) is 6.45. The molecule has 0 unspecified atom stereocenters. The molecule has 2 rings (SSSR count).